The first kappa shape index (κ1) is 14.8. The van der Waals surface area contributed by atoms with Gasteiger partial charge in [0, 0.05) is 24.4 Å². The number of amides is 2. The van der Waals surface area contributed by atoms with E-state index < -0.39 is 0 Å². The van der Waals surface area contributed by atoms with Crippen LogP contribution < -0.4 is 10.6 Å². The van der Waals surface area contributed by atoms with Crippen molar-refractivity contribution in [2.45, 2.75) is 26.3 Å². The van der Waals surface area contributed by atoms with Crippen LogP contribution in [0.5, 0.6) is 0 Å². The highest BCUT2D eigenvalue weighted by atomic mass is 16.2. The Hall–Kier alpha value is -2.63. The smallest absolute Gasteiger partial charge is 0.224 e. The normalized spacial score (nSPS) is 11.7. The minimum atomic E-state index is -0.116. The molecule has 1 aromatic carbocycles. The van der Waals surface area contributed by atoms with Gasteiger partial charge in [-0.25, -0.2) is 0 Å². The van der Waals surface area contributed by atoms with Gasteiger partial charge in [0.25, 0.3) is 0 Å². The minimum Gasteiger partial charge on any atom is -0.349 e. The second-order valence-electron chi connectivity index (χ2n) is 4.88. The molecule has 3 N–H and O–H groups in total. The number of H-pyrrole nitrogens is 1. The molecular formula is C15H18N4O2. The summed E-state index contributed by atoms with van der Waals surface area (Å²) in [4.78, 5) is 22.9. The summed E-state index contributed by atoms with van der Waals surface area (Å²) in [7, 11) is 0. The summed E-state index contributed by atoms with van der Waals surface area (Å²) in [6, 6.07) is 7.13. The molecule has 2 aromatic rings. The number of nitrogens with one attached hydrogen (secondary N) is 3. The van der Waals surface area contributed by atoms with Gasteiger partial charge in [-0.1, -0.05) is 12.1 Å². The van der Waals surface area contributed by atoms with Crippen LogP contribution in [0, 0.1) is 0 Å². The number of aromatic amines is 1. The maximum atomic E-state index is 12.0. The third-order valence-corrected chi connectivity index (χ3v) is 3.04. The molecule has 0 spiro atoms. The zero-order chi connectivity index (χ0) is 15.2. The van der Waals surface area contributed by atoms with Crippen LogP contribution in [-0.2, 0) is 16.0 Å². The third kappa shape index (κ3) is 4.45. The van der Waals surface area contributed by atoms with Gasteiger partial charge in [-0.3, -0.25) is 14.7 Å². The van der Waals surface area contributed by atoms with Gasteiger partial charge in [0.2, 0.25) is 11.8 Å². The SMILES string of the molecule is CC(=O)Nc1ccc(CC(=O)NC(C)c2cn[nH]c2)cc1. The first-order chi connectivity index (χ1) is 10.0. The molecule has 0 aliphatic heterocycles. The molecule has 6 nitrogen and oxygen atoms in total. The summed E-state index contributed by atoms with van der Waals surface area (Å²) in [6.07, 6.45) is 3.74. The van der Waals surface area contributed by atoms with E-state index in [9.17, 15) is 9.59 Å². The first-order valence-electron chi connectivity index (χ1n) is 6.69. The Kier molecular flexibility index (Phi) is 4.71. The van der Waals surface area contributed by atoms with Crippen LogP contribution in [0.25, 0.3) is 0 Å². The lowest BCUT2D eigenvalue weighted by Crippen LogP contribution is -2.27. The first-order valence-corrected chi connectivity index (χ1v) is 6.69. The summed E-state index contributed by atoms with van der Waals surface area (Å²) < 4.78 is 0. The predicted octanol–water partition coefficient (Wildman–Crippen LogP) is 1.79. The van der Waals surface area contributed by atoms with Crippen LogP contribution in [0.15, 0.2) is 36.7 Å². The summed E-state index contributed by atoms with van der Waals surface area (Å²) in [6.45, 7) is 3.36. The Balaban J connectivity index is 1.89. The van der Waals surface area contributed by atoms with Crippen LogP contribution in [-0.4, -0.2) is 22.0 Å². The van der Waals surface area contributed by atoms with E-state index >= 15 is 0 Å². The van der Waals surface area contributed by atoms with Gasteiger partial charge in [0.15, 0.2) is 0 Å². The van der Waals surface area contributed by atoms with Crippen molar-refractivity contribution in [1.29, 1.82) is 0 Å². The zero-order valence-electron chi connectivity index (χ0n) is 12.0. The Labute approximate surface area is 122 Å². The number of nitrogens with zero attached hydrogens (tertiary/aromatic N) is 1. The van der Waals surface area contributed by atoms with Crippen molar-refractivity contribution in [3.63, 3.8) is 0 Å². The highest BCUT2D eigenvalue weighted by Crippen LogP contribution is 2.12. The standard InChI is InChI=1S/C15H18N4O2/c1-10(13-8-16-17-9-13)18-15(21)7-12-3-5-14(6-4-12)19-11(2)20/h3-6,8-10H,7H2,1-2H3,(H,16,17)(H,18,21)(H,19,20). The summed E-state index contributed by atoms with van der Waals surface area (Å²) in [5.41, 5.74) is 2.55. The lowest BCUT2D eigenvalue weighted by atomic mass is 10.1. The largest absolute Gasteiger partial charge is 0.349 e. The second-order valence-corrected chi connectivity index (χ2v) is 4.88. The molecule has 1 unspecified atom stereocenters. The quantitative estimate of drug-likeness (QED) is 0.783. The molecule has 1 heterocycles. The third-order valence-electron chi connectivity index (χ3n) is 3.04. The Morgan fingerprint density at radius 2 is 2.00 bits per heavy atom. The number of aromatic nitrogens is 2. The molecule has 0 radical (unpaired) electrons. The molecule has 6 heteroatoms. The fourth-order valence-corrected chi connectivity index (χ4v) is 1.97. The van der Waals surface area contributed by atoms with Crippen molar-refractivity contribution in [2.75, 3.05) is 5.32 Å². The van der Waals surface area contributed by atoms with E-state index in [1.165, 1.54) is 6.92 Å². The summed E-state index contributed by atoms with van der Waals surface area (Å²) in [5.74, 6) is -0.176. The molecule has 0 aliphatic carbocycles. The summed E-state index contributed by atoms with van der Waals surface area (Å²) in [5, 5.41) is 12.2. The second kappa shape index (κ2) is 6.69. The Morgan fingerprint density at radius 3 is 2.57 bits per heavy atom. The maximum Gasteiger partial charge on any atom is 0.224 e. The van der Waals surface area contributed by atoms with E-state index in [1.807, 2.05) is 19.1 Å². The molecule has 0 aliphatic rings. The lowest BCUT2D eigenvalue weighted by molar-refractivity contribution is -0.121. The van der Waals surface area contributed by atoms with Gasteiger partial charge in [-0.15, -0.1) is 0 Å². The average Bonchev–Trinajstić information content (AvgIpc) is 2.94. The number of anilines is 1. The molecule has 0 saturated carbocycles. The van der Waals surface area contributed by atoms with Crippen LogP contribution in [0.4, 0.5) is 5.69 Å². The van der Waals surface area contributed by atoms with E-state index in [4.69, 9.17) is 0 Å². The van der Waals surface area contributed by atoms with E-state index in [0.717, 1.165) is 16.8 Å². The fraction of sp³-hybridized carbons (Fsp3) is 0.267. The zero-order valence-corrected chi connectivity index (χ0v) is 12.0. The fourth-order valence-electron chi connectivity index (χ4n) is 1.97. The maximum absolute atomic E-state index is 12.0. The topological polar surface area (TPSA) is 86.9 Å². The highest BCUT2D eigenvalue weighted by molar-refractivity contribution is 5.88. The molecule has 2 amide bonds. The monoisotopic (exact) mass is 286 g/mol. The van der Waals surface area contributed by atoms with Gasteiger partial charge in [-0.05, 0) is 24.6 Å². The molecule has 0 saturated heterocycles. The van der Waals surface area contributed by atoms with Crippen molar-refractivity contribution >= 4 is 17.5 Å². The number of carbonyl (C=O) groups is 2. The van der Waals surface area contributed by atoms with Crippen molar-refractivity contribution in [1.82, 2.24) is 15.5 Å². The van der Waals surface area contributed by atoms with Crippen LogP contribution in [0.3, 0.4) is 0 Å². The molecule has 1 atom stereocenters. The molecule has 1 aromatic heterocycles. The number of carbonyl (C=O) groups excluding carboxylic acids is 2. The van der Waals surface area contributed by atoms with Crippen molar-refractivity contribution in [3.8, 4) is 0 Å². The predicted molar refractivity (Wildman–Crippen MR) is 79.6 cm³/mol. The van der Waals surface area contributed by atoms with Crippen LogP contribution in [0.2, 0.25) is 0 Å². The van der Waals surface area contributed by atoms with E-state index in [-0.39, 0.29) is 17.9 Å². The summed E-state index contributed by atoms with van der Waals surface area (Å²) >= 11 is 0. The highest BCUT2D eigenvalue weighted by Gasteiger charge is 2.10. The lowest BCUT2D eigenvalue weighted by Gasteiger charge is -2.12. The molecule has 0 fully saturated rings. The minimum absolute atomic E-state index is 0.0593. The average molecular weight is 286 g/mol. The van der Waals surface area contributed by atoms with Crippen molar-refractivity contribution in [3.05, 3.63) is 47.8 Å². The van der Waals surface area contributed by atoms with E-state index in [0.29, 0.717) is 6.42 Å². The van der Waals surface area contributed by atoms with Crippen molar-refractivity contribution in [2.24, 2.45) is 0 Å². The van der Waals surface area contributed by atoms with Gasteiger partial charge in [0.1, 0.15) is 0 Å². The van der Waals surface area contributed by atoms with Crippen LogP contribution >= 0.6 is 0 Å². The van der Waals surface area contributed by atoms with Gasteiger partial charge < -0.3 is 10.6 Å². The number of rotatable bonds is 5. The van der Waals surface area contributed by atoms with Gasteiger partial charge in [0.05, 0.1) is 18.7 Å². The van der Waals surface area contributed by atoms with E-state index in [1.54, 1.807) is 24.5 Å². The molecule has 110 valence electrons. The van der Waals surface area contributed by atoms with E-state index in [2.05, 4.69) is 20.8 Å². The number of benzene rings is 1. The molecule has 2 rings (SSSR count). The molecule has 0 bridgehead atoms. The van der Waals surface area contributed by atoms with Crippen molar-refractivity contribution < 1.29 is 9.59 Å². The molecule has 21 heavy (non-hydrogen) atoms. The van der Waals surface area contributed by atoms with Crippen LogP contribution in [0.1, 0.15) is 31.0 Å². The number of hydrogen-bond donors (Lipinski definition) is 3. The molecular weight excluding hydrogens is 268 g/mol. The Bertz CT molecular complexity index is 605. The van der Waals surface area contributed by atoms with Gasteiger partial charge >= 0.3 is 0 Å². The Morgan fingerprint density at radius 1 is 1.29 bits per heavy atom. The number of hydrogen-bond acceptors (Lipinski definition) is 3. The van der Waals surface area contributed by atoms with Gasteiger partial charge in [-0.2, -0.15) is 5.10 Å².